The van der Waals surface area contributed by atoms with E-state index in [4.69, 9.17) is 17.3 Å². The van der Waals surface area contributed by atoms with Gasteiger partial charge in [-0.25, -0.2) is 0 Å². The summed E-state index contributed by atoms with van der Waals surface area (Å²) in [6, 6.07) is 6.27. The number of rotatable bonds is 2. The van der Waals surface area contributed by atoms with Gasteiger partial charge in [-0.15, -0.1) is 0 Å². The highest BCUT2D eigenvalue weighted by atomic mass is 35.5. The number of benzene rings is 1. The second kappa shape index (κ2) is 5.88. The molecule has 2 heteroatoms. The van der Waals surface area contributed by atoms with Gasteiger partial charge in [0.25, 0.3) is 0 Å². The van der Waals surface area contributed by atoms with Crippen LogP contribution in [0.1, 0.15) is 55.7 Å². The van der Waals surface area contributed by atoms with Crippen molar-refractivity contribution in [3.8, 4) is 0 Å². The fourth-order valence-electron chi connectivity index (χ4n) is 2.94. The standard InChI is InChI=1S/C15H22ClN/c1-11-10-13(16)8-9-14(11)15(17)12-6-4-2-3-5-7-12/h8-10,12,15H,2-7,17H2,1H3. The summed E-state index contributed by atoms with van der Waals surface area (Å²) in [4.78, 5) is 0. The molecule has 17 heavy (non-hydrogen) atoms. The Morgan fingerprint density at radius 2 is 1.82 bits per heavy atom. The Morgan fingerprint density at radius 3 is 2.41 bits per heavy atom. The van der Waals surface area contributed by atoms with Gasteiger partial charge in [0.2, 0.25) is 0 Å². The molecule has 0 aromatic heterocycles. The predicted octanol–water partition coefficient (Wildman–Crippen LogP) is 4.62. The lowest BCUT2D eigenvalue weighted by Gasteiger charge is -2.24. The van der Waals surface area contributed by atoms with E-state index in [0.29, 0.717) is 5.92 Å². The van der Waals surface area contributed by atoms with Crippen molar-refractivity contribution in [1.82, 2.24) is 0 Å². The minimum atomic E-state index is 0.186. The van der Waals surface area contributed by atoms with Gasteiger partial charge < -0.3 is 5.73 Å². The van der Waals surface area contributed by atoms with Crippen LogP contribution in [-0.2, 0) is 0 Å². The number of aryl methyl sites for hydroxylation is 1. The Labute approximate surface area is 109 Å². The van der Waals surface area contributed by atoms with Crippen LogP contribution in [0.5, 0.6) is 0 Å². The zero-order valence-corrected chi connectivity index (χ0v) is 11.3. The van der Waals surface area contributed by atoms with E-state index in [-0.39, 0.29) is 6.04 Å². The van der Waals surface area contributed by atoms with E-state index in [1.165, 1.54) is 49.7 Å². The molecular weight excluding hydrogens is 230 g/mol. The number of halogens is 1. The lowest BCUT2D eigenvalue weighted by Crippen LogP contribution is -2.22. The second-order valence-corrected chi connectivity index (χ2v) is 5.71. The lowest BCUT2D eigenvalue weighted by molar-refractivity contribution is 0.381. The molecule has 0 amide bonds. The molecule has 1 fully saturated rings. The molecule has 0 spiro atoms. The third-order valence-corrected chi connectivity index (χ3v) is 4.23. The van der Waals surface area contributed by atoms with E-state index in [9.17, 15) is 0 Å². The summed E-state index contributed by atoms with van der Waals surface area (Å²) in [5.41, 5.74) is 8.96. The molecule has 2 N–H and O–H groups in total. The van der Waals surface area contributed by atoms with Crippen LogP contribution in [-0.4, -0.2) is 0 Å². The molecular formula is C15H22ClN. The van der Waals surface area contributed by atoms with Gasteiger partial charge in [-0.1, -0.05) is 43.4 Å². The van der Waals surface area contributed by atoms with E-state index in [2.05, 4.69) is 13.0 Å². The second-order valence-electron chi connectivity index (χ2n) is 5.28. The molecule has 1 aromatic rings. The summed E-state index contributed by atoms with van der Waals surface area (Å²) in [5.74, 6) is 0.650. The third kappa shape index (κ3) is 3.23. The van der Waals surface area contributed by atoms with E-state index in [0.717, 1.165) is 5.02 Å². The first-order valence-corrected chi connectivity index (χ1v) is 7.08. The van der Waals surface area contributed by atoms with Crippen LogP contribution in [0, 0.1) is 12.8 Å². The molecule has 1 nitrogen and oxygen atoms in total. The molecule has 0 bridgehead atoms. The minimum Gasteiger partial charge on any atom is -0.324 e. The first kappa shape index (κ1) is 12.9. The minimum absolute atomic E-state index is 0.186. The van der Waals surface area contributed by atoms with Crippen molar-refractivity contribution in [2.24, 2.45) is 11.7 Å². The maximum Gasteiger partial charge on any atom is 0.0408 e. The van der Waals surface area contributed by atoms with Gasteiger partial charge >= 0.3 is 0 Å². The topological polar surface area (TPSA) is 26.0 Å². The summed E-state index contributed by atoms with van der Waals surface area (Å²) >= 11 is 5.99. The van der Waals surface area contributed by atoms with Gasteiger partial charge in [-0.05, 0) is 48.9 Å². The molecule has 1 aliphatic rings. The summed E-state index contributed by atoms with van der Waals surface area (Å²) in [5, 5.41) is 0.805. The fraction of sp³-hybridized carbons (Fsp3) is 0.600. The molecule has 1 aliphatic carbocycles. The van der Waals surface area contributed by atoms with Crippen LogP contribution >= 0.6 is 11.6 Å². The Balaban J connectivity index is 2.14. The highest BCUT2D eigenvalue weighted by molar-refractivity contribution is 6.30. The lowest BCUT2D eigenvalue weighted by atomic mass is 9.86. The quantitative estimate of drug-likeness (QED) is 0.763. The number of hydrogen-bond acceptors (Lipinski definition) is 1. The Bertz CT molecular complexity index is 367. The molecule has 0 heterocycles. The van der Waals surface area contributed by atoms with Crippen molar-refractivity contribution in [3.63, 3.8) is 0 Å². The van der Waals surface area contributed by atoms with Crippen molar-refractivity contribution in [2.75, 3.05) is 0 Å². The molecule has 1 unspecified atom stereocenters. The van der Waals surface area contributed by atoms with Crippen molar-refractivity contribution < 1.29 is 0 Å². The van der Waals surface area contributed by atoms with Crippen LogP contribution < -0.4 is 5.73 Å². The molecule has 1 aromatic carbocycles. The third-order valence-electron chi connectivity index (χ3n) is 4.00. The zero-order chi connectivity index (χ0) is 12.3. The van der Waals surface area contributed by atoms with E-state index >= 15 is 0 Å². The first-order chi connectivity index (χ1) is 8.18. The predicted molar refractivity (Wildman–Crippen MR) is 74.3 cm³/mol. The van der Waals surface area contributed by atoms with Gasteiger partial charge in [-0.2, -0.15) is 0 Å². The van der Waals surface area contributed by atoms with Crippen LogP contribution in [0.4, 0.5) is 0 Å². The molecule has 1 atom stereocenters. The molecule has 94 valence electrons. The summed E-state index contributed by atoms with van der Waals surface area (Å²) in [6.07, 6.45) is 7.99. The average molecular weight is 252 g/mol. The SMILES string of the molecule is Cc1cc(Cl)ccc1C(N)C1CCCCCC1. The van der Waals surface area contributed by atoms with Gasteiger partial charge in [-0.3, -0.25) is 0 Å². The summed E-state index contributed by atoms with van der Waals surface area (Å²) in [6.45, 7) is 2.11. The average Bonchev–Trinajstić information content (AvgIpc) is 2.56. The smallest absolute Gasteiger partial charge is 0.0408 e. The maximum atomic E-state index is 6.45. The largest absolute Gasteiger partial charge is 0.324 e. The van der Waals surface area contributed by atoms with Crippen molar-refractivity contribution >= 4 is 11.6 Å². The number of hydrogen-bond donors (Lipinski definition) is 1. The van der Waals surface area contributed by atoms with Gasteiger partial charge in [0.1, 0.15) is 0 Å². The normalized spacial score (nSPS) is 19.9. The van der Waals surface area contributed by atoms with Crippen LogP contribution in [0.15, 0.2) is 18.2 Å². The van der Waals surface area contributed by atoms with Crippen LogP contribution in [0.2, 0.25) is 5.02 Å². The maximum absolute atomic E-state index is 6.45. The van der Waals surface area contributed by atoms with Gasteiger partial charge in [0.05, 0.1) is 0 Å². The summed E-state index contributed by atoms with van der Waals surface area (Å²) in [7, 11) is 0. The van der Waals surface area contributed by atoms with Crippen LogP contribution in [0.25, 0.3) is 0 Å². The van der Waals surface area contributed by atoms with Crippen molar-refractivity contribution in [3.05, 3.63) is 34.3 Å². The van der Waals surface area contributed by atoms with Gasteiger partial charge in [0, 0.05) is 11.1 Å². The van der Waals surface area contributed by atoms with E-state index in [1.54, 1.807) is 0 Å². The summed E-state index contributed by atoms with van der Waals surface area (Å²) < 4.78 is 0. The highest BCUT2D eigenvalue weighted by Crippen LogP contribution is 2.33. The molecule has 0 saturated heterocycles. The highest BCUT2D eigenvalue weighted by Gasteiger charge is 2.21. The Morgan fingerprint density at radius 1 is 1.18 bits per heavy atom. The Kier molecular flexibility index (Phi) is 4.47. The van der Waals surface area contributed by atoms with Crippen molar-refractivity contribution in [1.29, 1.82) is 0 Å². The monoisotopic (exact) mass is 251 g/mol. The van der Waals surface area contributed by atoms with Crippen LogP contribution in [0.3, 0.4) is 0 Å². The molecule has 0 aliphatic heterocycles. The van der Waals surface area contributed by atoms with Gasteiger partial charge in [0.15, 0.2) is 0 Å². The van der Waals surface area contributed by atoms with Crippen molar-refractivity contribution in [2.45, 2.75) is 51.5 Å². The molecule has 1 saturated carbocycles. The van der Waals surface area contributed by atoms with E-state index in [1.807, 2.05) is 12.1 Å². The zero-order valence-electron chi connectivity index (χ0n) is 10.6. The Hall–Kier alpha value is -0.530. The molecule has 0 radical (unpaired) electrons. The number of nitrogens with two attached hydrogens (primary N) is 1. The fourth-order valence-corrected chi connectivity index (χ4v) is 3.16. The van der Waals surface area contributed by atoms with E-state index < -0.39 is 0 Å². The molecule has 2 rings (SSSR count). The first-order valence-electron chi connectivity index (χ1n) is 6.70.